The SMILES string of the molecule is COc1cc(N2CC(N(C)C)C2)c([N+](=O)[O-])cc1-c1nc(N)nc(-c2cn(C)c3ccccc23)c1C. The molecule has 0 spiro atoms. The number of nitro benzene ring substituents is 1. The van der Waals surface area contributed by atoms with Crippen molar-refractivity contribution in [3.05, 3.63) is 58.3 Å². The van der Waals surface area contributed by atoms with Crippen molar-refractivity contribution in [2.75, 3.05) is 44.9 Å². The Hall–Kier alpha value is -4.18. The smallest absolute Gasteiger partial charge is 0.293 e. The average molecular weight is 488 g/mol. The molecule has 36 heavy (non-hydrogen) atoms. The highest BCUT2D eigenvalue weighted by Gasteiger charge is 2.34. The highest BCUT2D eigenvalue weighted by atomic mass is 16.6. The summed E-state index contributed by atoms with van der Waals surface area (Å²) in [5, 5.41) is 13.2. The largest absolute Gasteiger partial charge is 0.496 e. The number of hydrogen-bond donors (Lipinski definition) is 1. The van der Waals surface area contributed by atoms with E-state index in [4.69, 9.17) is 10.5 Å². The Bertz CT molecular complexity index is 1490. The van der Waals surface area contributed by atoms with Crippen molar-refractivity contribution in [1.82, 2.24) is 19.4 Å². The number of para-hydroxylation sites is 1. The van der Waals surface area contributed by atoms with Gasteiger partial charge in [0.15, 0.2) is 0 Å². The molecule has 186 valence electrons. The predicted molar refractivity (Wildman–Crippen MR) is 141 cm³/mol. The number of aromatic nitrogens is 3. The number of ether oxygens (including phenoxy) is 1. The van der Waals surface area contributed by atoms with Gasteiger partial charge in [0.25, 0.3) is 5.69 Å². The zero-order valence-corrected chi connectivity index (χ0v) is 21.0. The number of methoxy groups -OCH3 is 1. The van der Waals surface area contributed by atoms with Crippen molar-refractivity contribution in [2.45, 2.75) is 13.0 Å². The molecule has 1 aliphatic rings. The fraction of sp³-hybridized carbons (Fsp3) is 0.308. The summed E-state index contributed by atoms with van der Waals surface area (Å²) in [6, 6.07) is 11.7. The lowest BCUT2D eigenvalue weighted by Gasteiger charge is -2.44. The maximum Gasteiger partial charge on any atom is 0.293 e. The van der Waals surface area contributed by atoms with Gasteiger partial charge in [0.1, 0.15) is 11.4 Å². The number of anilines is 2. The summed E-state index contributed by atoms with van der Waals surface area (Å²) in [5.74, 6) is 0.581. The molecular formula is C26H29N7O3. The molecule has 1 aliphatic heterocycles. The van der Waals surface area contributed by atoms with Crippen LogP contribution >= 0.6 is 0 Å². The number of nitrogens with zero attached hydrogens (tertiary/aromatic N) is 6. The summed E-state index contributed by atoms with van der Waals surface area (Å²) < 4.78 is 7.76. The number of benzene rings is 2. The third kappa shape index (κ3) is 3.79. The normalized spacial score (nSPS) is 13.9. The number of nitrogen functional groups attached to an aromatic ring is 1. The summed E-state index contributed by atoms with van der Waals surface area (Å²) in [5.41, 5.74) is 11.2. The summed E-state index contributed by atoms with van der Waals surface area (Å²) in [4.78, 5) is 25.0. The number of aryl methyl sites for hydroxylation is 1. The van der Waals surface area contributed by atoms with Crippen LogP contribution in [0.5, 0.6) is 5.75 Å². The van der Waals surface area contributed by atoms with Gasteiger partial charge in [0, 0.05) is 72.1 Å². The second kappa shape index (κ2) is 8.80. The van der Waals surface area contributed by atoms with Gasteiger partial charge in [-0.15, -0.1) is 0 Å². The molecule has 4 aromatic rings. The van der Waals surface area contributed by atoms with Gasteiger partial charge in [-0.05, 0) is 27.1 Å². The first-order valence-electron chi connectivity index (χ1n) is 11.7. The molecule has 10 nitrogen and oxygen atoms in total. The van der Waals surface area contributed by atoms with E-state index in [9.17, 15) is 10.1 Å². The number of rotatable bonds is 6. The minimum atomic E-state index is -0.354. The van der Waals surface area contributed by atoms with Crippen LogP contribution in [-0.4, -0.2) is 64.7 Å². The molecule has 10 heteroatoms. The molecule has 0 bridgehead atoms. The first kappa shape index (κ1) is 23.6. The van der Waals surface area contributed by atoms with Crippen molar-refractivity contribution < 1.29 is 9.66 Å². The minimum Gasteiger partial charge on any atom is -0.496 e. The van der Waals surface area contributed by atoms with Gasteiger partial charge in [-0.3, -0.25) is 10.1 Å². The second-order valence-corrected chi connectivity index (χ2v) is 9.40. The van der Waals surface area contributed by atoms with Crippen LogP contribution in [0.4, 0.5) is 17.3 Å². The molecule has 0 saturated carbocycles. The third-order valence-corrected chi connectivity index (χ3v) is 7.00. The number of hydrogen-bond acceptors (Lipinski definition) is 8. The van der Waals surface area contributed by atoms with E-state index >= 15 is 0 Å². The molecule has 1 saturated heterocycles. The molecule has 0 radical (unpaired) electrons. The van der Waals surface area contributed by atoms with Gasteiger partial charge in [-0.1, -0.05) is 18.2 Å². The zero-order chi connectivity index (χ0) is 25.7. The van der Waals surface area contributed by atoms with E-state index in [2.05, 4.69) is 14.9 Å². The molecule has 3 heterocycles. The minimum absolute atomic E-state index is 0.00583. The van der Waals surface area contributed by atoms with Crippen molar-refractivity contribution in [3.63, 3.8) is 0 Å². The van der Waals surface area contributed by atoms with Crippen molar-refractivity contribution >= 4 is 28.2 Å². The molecule has 2 aromatic heterocycles. The molecule has 0 atom stereocenters. The number of likely N-dealkylation sites (N-methyl/N-ethyl adjacent to an activating group) is 1. The maximum atomic E-state index is 12.1. The predicted octanol–water partition coefficient (Wildman–Crippen LogP) is 3.86. The van der Waals surface area contributed by atoms with Gasteiger partial charge in [0.05, 0.1) is 23.4 Å². The van der Waals surface area contributed by atoms with E-state index in [0.717, 1.165) is 22.0 Å². The zero-order valence-electron chi connectivity index (χ0n) is 21.0. The number of nitro groups is 1. The van der Waals surface area contributed by atoms with Gasteiger partial charge >= 0.3 is 0 Å². The van der Waals surface area contributed by atoms with Crippen LogP contribution in [-0.2, 0) is 7.05 Å². The standard InChI is InChI=1S/C26H29N7O3/c1-15-24(28-26(27)29-25(15)19-14-31(4)20-9-7-6-8-17(19)20)18-10-22(33(34)35)21(11-23(18)36-5)32-12-16(13-32)30(2)3/h6-11,14,16H,12-13H2,1-5H3,(H2,27,28,29). The Kier molecular flexibility index (Phi) is 5.76. The van der Waals surface area contributed by atoms with Crippen molar-refractivity contribution in [2.24, 2.45) is 7.05 Å². The monoisotopic (exact) mass is 487 g/mol. The molecule has 0 unspecified atom stereocenters. The first-order valence-corrected chi connectivity index (χ1v) is 11.7. The fourth-order valence-electron chi connectivity index (χ4n) is 4.88. The van der Waals surface area contributed by atoms with E-state index in [1.54, 1.807) is 19.2 Å². The molecule has 0 aliphatic carbocycles. The fourth-order valence-corrected chi connectivity index (χ4v) is 4.88. The van der Waals surface area contributed by atoms with Gasteiger partial charge < -0.3 is 24.8 Å². The van der Waals surface area contributed by atoms with E-state index < -0.39 is 0 Å². The Balaban J connectivity index is 1.67. The third-order valence-electron chi connectivity index (χ3n) is 7.00. The number of nitrogens with two attached hydrogens (primary N) is 1. The highest BCUT2D eigenvalue weighted by Crippen LogP contribution is 2.44. The van der Waals surface area contributed by atoms with Gasteiger partial charge in [-0.25, -0.2) is 9.97 Å². The molecule has 0 amide bonds. The van der Waals surface area contributed by atoms with Crippen LogP contribution in [0.1, 0.15) is 5.56 Å². The Morgan fingerprint density at radius 2 is 1.81 bits per heavy atom. The lowest BCUT2D eigenvalue weighted by Crippen LogP contribution is -2.57. The number of fused-ring (bicyclic) bond motifs is 1. The van der Waals surface area contributed by atoms with Crippen molar-refractivity contribution in [3.8, 4) is 28.3 Å². The molecule has 2 aromatic carbocycles. The van der Waals surface area contributed by atoms with Crippen LogP contribution < -0.4 is 15.4 Å². The van der Waals surface area contributed by atoms with E-state index in [1.807, 2.05) is 68.0 Å². The van der Waals surface area contributed by atoms with E-state index in [0.29, 0.717) is 47.5 Å². The van der Waals surface area contributed by atoms with Gasteiger partial charge in [0.2, 0.25) is 5.95 Å². The van der Waals surface area contributed by atoms with Crippen LogP contribution in [0, 0.1) is 17.0 Å². The quantitative estimate of drug-likeness (QED) is 0.322. The Morgan fingerprint density at radius 3 is 2.44 bits per heavy atom. The lowest BCUT2D eigenvalue weighted by molar-refractivity contribution is -0.384. The van der Waals surface area contributed by atoms with E-state index in [1.165, 1.54) is 0 Å². The maximum absolute atomic E-state index is 12.1. The first-order chi connectivity index (χ1) is 17.2. The topological polar surface area (TPSA) is 116 Å². The van der Waals surface area contributed by atoms with Crippen LogP contribution in [0.3, 0.4) is 0 Å². The summed E-state index contributed by atoms with van der Waals surface area (Å²) in [7, 11) is 7.55. The van der Waals surface area contributed by atoms with Crippen LogP contribution in [0.25, 0.3) is 33.4 Å². The summed E-state index contributed by atoms with van der Waals surface area (Å²) in [6.07, 6.45) is 2.01. The second-order valence-electron chi connectivity index (χ2n) is 9.40. The van der Waals surface area contributed by atoms with Gasteiger partial charge in [-0.2, -0.15) is 0 Å². The molecule has 2 N–H and O–H groups in total. The summed E-state index contributed by atoms with van der Waals surface area (Å²) >= 11 is 0. The average Bonchev–Trinajstić information content (AvgIpc) is 3.15. The molecule has 5 rings (SSSR count). The Morgan fingerprint density at radius 1 is 1.14 bits per heavy atom. The van der Waals surface area contributed by atoms with Crippen LogP contribution in [0.2, 0.25) is 0 Å². The Labute approximate surface area is 209 Å². The lowest BCUT2D eigenvalue weighted by atomic mass is 9.98. The highest BCUT2D eigenvalue weighted by molar-refractivity contribution is 5.97. The molecular weight excluding hydrogens is 458 g/mol. The summed E-state index contributed by atoms with van der Waals surface area (Å²) in [6.45, 7) is 3.32. The van der Waals surface area contributed by atoms with Crippen molar-refractivity contribution in [1.29, 1.82) is 0 Å². The molecule has 1 fully saturated rings. The van der Waals surface area contributed by atoms with Crippen LogP contribution in [0.15, 0.2) is 42.6 Å². The van der Waals surface area contributed by atoms with E-state index in [-0.39, 0.29) is 16.6 Å².